The van der Waals surface area contributed by atoms with Gasteiger partial charge in [0.05, 0.1) is 21.8 Å². The number of thiazole rings is 1. The van der Waals surface area contributed by atoms with E-state index in [2.05, 4.69) is 22.8 Å². The Morgan fingerprint density at radius 3 is 2.67 bits per heavy atom. The third-order valence-electron chi connectivity index (χ3n) is 4.26. The summed E-state index contributed by atoms with van der Waals surface area (Å²) in [7, 11) is 0. The zero-order valence-electron chi connectivity index (χ0n) is 16.3. The molecule has 9 heteroatoms. The molecule has 1 N–H and O–H groups in total. The van der Waals surface area contributed by atoms with Crippen molar-refractivity contribution in [3.05, 3.63) is 64.4 Å². The number of nitrogens with one attached hydrogen (secondary N) is 1. The number of H-pyrrole nitrogens is 1. The van der Waals surface area contributed by atoms with Crippen LogP contribution >= 0.6 is 24.0 Å². The molecule has 2 aromatic heterocycles. The molecule has 2 heterocycles. The van der Waals surface area contributed by atoms with Gasteiger partial charge >= 0.3 is 6.09 Å². The molecule has 4 rings (SSSR count). The fourth-order valence-electron chi connectivity index (χ4n) is 2.93. The van der Waals surface area contributed by atoms with E-state index < -0.39 is 10.8 Å². The highest BCUT2D eigenvalue weighted by atomic mass is 32.1. The summed E-state index contributed by atoms with van der Waals surface area (Å²) in [4.78, 5) is 30.1. The lowest BCUT2D eigenvalue weighted by Gasteiger charge is -2.28. The van der Waals surface area contributed by atoms with Gasteiger partial charge in [-0.1, -0.05) is 0 Å². The molecule has 0 aliphatic heterocycles. The van der Waals surface area contributed by atoms with Gasteiger partial charge < -0.3 is 9.26 Å². The minimum Gasteiger partial charge on any atom is -0.410 e. The molecule has 0 bridgehead atoms. The van der Waals surface area contributed by atoms with Crippen LogP contribution in [0.3, 0.4) is 0 Å². The van der Waals surface area contributed by atoms with E-state index in [1.54, 1.807) is 34.7 Å². The van der Waals surface area contributed by atoms with Crippen molar-refractivity contribution in [1.82, 2.24) is 10.1 Å². The predicted molar refractivity (Wildman–Crippen MR) is 121 cm³/mol. The van der Waals surface area contributed by atoms with Gasteiger partial charge in [-0.25, -0.2) is 9.78 Å². The molecule has 0 atom stereocenters. The van der Waals surface area contributed by atoms with Gasteiger partial charge in [0, 0.05) is 22.5 Å². The first kappa shape index (κ1) is 20.2. The molecule has 1 amide bonds. The molecule has 0 saturated heterocycles. The van der Waals surface area contributed by atoms with Gasteiger partial charge in [0.25, 0.3) is 5.56 Å². The summed E-state index contributed by atoms with van der Waals surface area (Å²) in [6.45, 7) is 4.22. The highest BCUT2D eigenvalue weighted by Gasteiger charge is 2.25. The number of aromatic amines is 1. The first-order valence-electron chi connectivity index (χ1n) is 9.12. The van der Waals surface area contributed by atoms with Crippen LogP contribution in [0, 0.1) is 0 Å². The molecule has 0 spiro atoms. The maximum atomic E-state index is 13.0. The topological polar surface area (TPSA) is 88.4 Å². The summed E-state index contributed by atoms with van der Waals surface area (Å²) in [6.07, 6.45) is -0.512. The molecule has 0 aliphatic carbocycles. The van der Waals surface area contributed by atoms with Crippen molar-refractivity contribution < 1.29 is 14.1 Å². The smallest absolute Gasteiger partial charge is 0.410 e. The maximum absolute atomic E-state index is 13.0. The number of benzene rings is 2. The lowest BCUT2D eigenvalue weighted by molar-refractivity contribution is 0.207. The Morgan fingerprint density at radius 1 is 1.23 bits per heavy atom. The van der Waals surface area contributed by atoms with Gasteiger partial charge in [0.15, 0.2) is 5.76 Å². The molecule has 2 aromatic carbocycles. The Labute approximate surface area is 181 Å². The van der Waals surface area contributed by atoms with Crippen LogP contribution in [0.15, 0.2) is 63.4 Å². The zero-order valence-corrected chi connectivity index (χ0v) is 18.0. The molecule has 0 aliphatic rings. The van der Waals surface area contributed by atoms with Crippen LogP contribution in [-0.2, 0) is 0 Å². The third-order valence-corrected chi connectivity index (χ3v) is 5.19. The molecule has 7 nitrogen and oxygen atoms in total. The summed E-state index contributed by atoms with van der Waals surface area (Å²) < 4.78 is 11.2. The van der Waals surface area contributed by atoms with Gasteiger partial charge in [-0.15, -0.1) is 11.3 Å². The highest BCUT2D eigenvalue weighted by molar-refractivity contribution is 7.81. The normalized spacial score (nSPS) is 11.6. The number of carbonyl (C=O) groups excluding carboxylic acids is 1. The van der Waals surface area contributed by atoms with Crippen molar-refractivity contribution >= 4 is 46.0 Å². The van der Waals surface area contributed by atoms with Crippen molar-refractivity contribution in [1.29, 1.82) is 0 Å². The summed E-state index contributed by atoms with van der Waals surface area (Å²) in [6, 6.07) is 13.7. The number of ether oxygens (including phenoxy) is 1. The third kappa shape index (κ3) is 4.58. The van der Waals surface area contributed by atoms with Gasteiger partial charge in [-0.2, -0.15) is 17.8 Å². The SMILES string of the molecule is CC(C)(S)CN(C(=O)Oc1ccc(-c2cc(=O)[nH]o2)cc1)c1ccc2ncsc2c1. The summed E-state index contributed by atoms with van der Waals surface area (Å²) in [5, 5.41) is 2.25. The van der Waals surface area contributed by atoms with Crippen LogP contribution in [0.2, 0.25) is 0 Å². The first-order chi connectivity index (χ1) is 14.3. The van der Waals surface area contributed by atoms with E-state index in [1.165, 1.54) is 17.4 Å². The molecule has 0 fully saturated rings. The van der Waals surface area contributed by atoms with Crippen molar-refractivity contribution in [2.75, 3.05) is 11.4 Å². The summed E-state index contributed by atoms with van der Waals surface area (Å²) >= 11 is 6.10. The quantitative estimate of drug-likeness (QED) is 0.428. The molecule has 0 unspecified atom stereocenters. The number of rotatable bonds is 5. The average molecular weight is 442 g/mol. The van der Waals surface area contributed by atoms with Crippen LogP contribution in [-0.4, -0.2) is 27.5 Å². The lowest BCUT2D eigenvalue weighted by Crippen LogP contribution is -2.41. The molecule has 4 aromatic rings. The number of hydrogen-bond donors (Lipinski definition) is 2. The number of aromatic nitrogens is 2. The molecule has 154 valence electrons. The number of nitrogens with zero attached hydrogens (tertiary/aromatic N) is 2. The minimum atomic E-state index is -0.512. The summed E-state index contributed by atoms with van der Waals surface area (Å²) in [5.41, 5.74) is 3.74. The van der Waals surface area contributed by atoms with E-state index in [9.17, 15) is 9.59 Å². The summed E-state index contributed by atoms with van der Waals surface area (Å²) in [5.74, 6) is 0.789. The maximum Gasteiger partial charge on any atom is 0.419 e. The van der Waals surface area contributed by atoms with Crippen LogP contribution in [0.5, 0.6) is 5.75 Å². The molecule has 0 saturated carbocycles. The van der Waals surface area contributed by atoms with Crippen LogP contribution in [0.1, 0.15) is 13.8 Å². The van der Waals surface area contributed by atoms with Crippen LogP contribution < -0.4 is 15.2 Å². The van der Waals surface area contributed by atoms with Crippen molar-refractivity contribution in [2.24, 2.45) is 0 Å². The van der Waals surface area contributed by atoms with E-state index in [0.29, 0.717) is 29.3 Å². The Kier molecular flexibility index (Phi) is 5.40. The number of carbonyl (C=O) groups is 1. The predicted octanol–water partition coefficient (Wildman–Crippen LogP) is 4.96. The van der Waals surface area contributed by atoms with E-state index in [1.807, 2.05) is 32.0 Å². The molecular weight excluding hydrogens is 422 g/mol. The molecular formula is C21H19N3O4S2. The molecule has 30 heavy (non-hydrogen) atoms. The van der Waals surface area contributed by atoms with Gasteiger partial charge in [0.2, 0.25) is 0 Å². The first-order valence-corrected chi connectivity index (χ1v) is 10.5. The number of hydrogen-bond acceptors (Lipinski definition) is 7. The number of amides is 1. The van der Waals surface area contributed by atoms with E-state index >= 15 is 0 Å². The number of anilines is 1. The lowest BCUT2D eigenvalue weighted by atomic mass is 10.1. The second-order valence-corrected chi connectivity index (χ2v) is 9.47. The van der Waals surface area contributed by atoms with Crippen molar-refractivity contribution in [2.45, 2.75) is 18.6 Å². The Morgan fingerprint density at radius 2 is 2.00 bits per heavy atom. The standard InChI is InChI=1S/C21H19N3O4S2/c1-21(2,29)11-24(14-5-8-16-18(9-14)30-12-22-16)20(26)27-15-6-3-13(4-7-15)17-10-19(25)23-28-17/h3-10,12,29H,11H2,1-2H3,(H,23,25). The van der Waals surface area contributed by atoms with Crippen molar-refractivity contribution in [3.63, 3.8) is 0 Å². The van der Waals surface area contributed by atoms with Gasteiger partial charge in [-0.05, 0) is 56.3 Å². The average Bonchev–Trinajstić information content (AvgIpc) is 3.34. The van der Waals surface area contributed by atoms with Gasteiger partial charge in [0.1, 0.15) is 5.75 Å². The van der Waals surface area contributed by atoms with E-state index in [4.69, 9.17) is 9.26 Å². The van der Waals surface area contributed by atoms with Crippen molar-refractivity contribution in [3.8, 4) is 17.1 Å². The largest absolute Gasteiger partial charge is 0.419 e. The monoisotopic (exact) mass is 441 g/mol. The van der Waals surface area contributed by atoms with Crippen LogP contribution in [0.4, 0.5) is 10.5 Å². The van der Waals surface area contributed by atoms with Gasteiger partial charge in [-0.3, -0.25) is 9.69 Å². The second kappa shape index (κ2) is 8.00. The van der Waals surface area contributed by atoms with E-state index in [0.717, 1.165) is 10.2 Å². The highest BCUT2D eigenvalue weighted by Crippen LogP contribution is 2.28. The molecule has 0 radical (unpaired) electrons. The number of fused-ring (bicyclic) bond motifs is 1. The minimum absolute atomic E-state index is 0.316. The van der Waals surface area contributed by atoms with Crippen LogP contribution in [0.25, 0.3) is 21.5 Å². The Balaban J connectivity index is 1.57. The Hall–Kier alpha value is -3.04. The fourth-order valence-corrected chi connectivity index (χ4v) is 3.78. The Bertz CT molecular complexity index is 1240. The number of thiol groups is 1. The van der Waals surface area contributed by atoms with E-state index in [-0.39, 0.29) is 5.56 Å². The zero-order chi connectivity index (χ0) is 21.3. The fraction of sp³-hybridized carbons (Fsp3) is 0.190. The second-order valence-electron chi connectivity index (χ2n) is 7.37.